The first-order valence-electron chi connectivity index (χ1n) is 5.17. The number of rotatable bonds is 1. The first kappa shape index (κ1) is 11.2. The molecule has 2 nitrogen and oxygen atoms in total. The number of hydrogen-bond acceptors (Lipinski definition) is 2. The second-order valence-electron chi connectivity index (χ2n) is 5.16. The van der Waals surface area contributed by atoms with Crippen molar-refractivity contribution in [3.63, 3.8) is 0 Å². The van der Waals surface area contributed by atoms with E-state index >= 15 is 0 Å². The third-order valence-corrected chi connectivity index (χ3v) is 2.14. The molecule has 0 bridgehead atoms. The van der Waals surface area contributed by atoms with Crippen LogP contribution in [0.15, 0.2) is 6.07 Å². The fourth-order valence-corrected chi connectivity index (χ4v) is 1.22. The van der Waals surface area contributed by atoms with Crippen LogP contribution < -0.4 is 0 Å². The summed E-state index contributed by atoms with van der Waals surface area (Å²) in [6.45, 7) is 12.8. The normalized spacial score (nSPS) is 12.2. The van der Waals surface area contributed by atoms with E-state index in [0.29, 0.717) is 5.92 Å². The van der Waals surface area contributed by atoms with E-state index < -0.39 is 0 Å². The van der Waals surface area contributed by atoms with Crippen LogP contribution >= 0.6 is 0 Å². The van der Waals surface area contributed by atoms with Gasteiger partial charge in [0.2, 0.25) is 0 Å². The highest BCUT2D eigenvalue weighted by Crippen LogP contribution is 2.21. The SMILES string of the molecule is Cc1cc(C(C)C)nc(C(C)(C)C)n1. The Bertz CT molecular complexity index is 322. The average molecular weight is 192 g/mol. The molecule has 78 valence electrons. The smallest absolute Gasteiger partial charge is 0.134 e. The molecule has 1 rings (SSSR count). The number of nitrogens with zero attached hydrogens (tertiary/aromatic N) is 2. The number of hydrogen-bond donors (Lipinski definition) is 0. The lowest BCUT2D eigenvalue weighted by molar-refractivity contribution is 0.536. The highest BCUT2D eigenvalue weighted by Gasteiger charge is 2.18. The van der Waals surface area contributed by atoms with Crippen molar-refractivity contribution in [3.8, 4) is 0 Å². The Morgan fingerprint density at radius 1 is 1.14 bits per heavy atom. The summed E-state index contributed by atoms with van der Waals surface area (Å²) in [7, 11) is 0. The zero-order chi connectivity index (χ0) is 10.9. The van der Waals surface area contributed by atoms with Gasteiger partial charge in [-0.25, -0.2) is 9.97 Å². The molecular formula is C12H20N2. The molecule has 0 unspecified atom stereocenters. The second kappa shape index (κ2) is 3.68. The minimum absolute atomic E-state index is 0.0374. The van der Waals surface area contributed by atoms with Crippen LogP contribution in [0, 0.1) is 6.92 Å². The van der Waals surface area contributed by atoms with Gasteiger partial charge in [-0.2, -0.15) is 0 Å². The van der Waals surface area contributed by atoms with Crippen LogP contribution in [0.2, 0.25) is 0 Å². The molecule has 1 heterocycles. The monoisotopic (exact) mass is 192 g/mol. The lowest BCUT2D eigenvalue weighted by Gasteiger charge is -2.18. The van der Waals surface area contributed by atoms with Crippen molar-refractivity contribution in [1.82, 2.24) is 9.97 Å². The van der Waals surface area contributed by atoms with Gasteiger partial charge in [0.05, 0.1) is 0 Å². The standard InChI is InChI=1S/C12H20N2/c1-8(2)10-7-9(3)13-11(14-10)12(4,5)6/h7-8H,1-6H3. The summed E-state index contributed by atoms with van der Waals surface area (Å²) in [5.41, 5.74) is 2.24. The molecule has 0 saturated carbocycles. The van der Waals surface area contributed by atoms with E-state index in [4.69, 9.17) is 0 Å². The van der Waals surface area contributed by atoms with Crippen molar-refractivity contribution < 1.29 is 0 Å². The van der Waals surface area contributed by atoms with Gasteiger partial charge in [-0.05, 0) is 18.9 Å². The van der Waals surface area contributed by atoms with Crippen LogP contribution in [0.3, 0.4) is 0 Å². The molecule has 2 heteroatoms. The van der Waals surface area contributed by atoms with Crippen LogP contribution in [0.25, 0.3) is 0 Å². The Hall–Kier alpha value is -0.920. The third-order valence-electron chi connectivity index (χ3n) is 2.14. The molecule has 0 amide bonds. The maximum atomic E-state index is 4.59. The Balaban J connectivity index is 3.21. The molecule has 1 aromatic heterocycles. The average Bonchev–Trinajstić information content (AvgIpc) is 2.01. The van der Waals surface area contributed by atoms with Crippen molar-refractivity contribution in [2.45, 2.75) is 52.9 Å². The summed E-state index contributed by atoms with van der Waals surface area (Å²) in [4.78, 5) is 9.07. The minimum Gasteiger partial charge on any atom is -0.238 e. The van der Waals surface area contributed by atoms with Gasteiger partial charge in [-0.15, -0.1) is 0 Å². The Kier molecular flexibility index (Phi) is 2.93. The van der Waals surface area contributed by atoms with Crippen molar-refractivity contribution in [1.29, 1.82) is 0 Å². The Morgan fingerprint density at radius 3 is 2.14 bits per heavy atom. The molecule has 0 spiro atoms. The summed E-state index contributed by atoms with van der Waals surface area (Å²) in [6, 6.07) is 2.07. The molecule has 0 aliphatic heterocycles. The third kappa shape index (κ3) is 2.53. The largest absolute Gasteiger partial charge is 0.238 e. The van der Waals surface area contributed by atoms with E-state index in [2.05, 4.69) is 50.7 Å². The van der Waals surface area contributed by atoms with E-state index in [9.17, 15) is 0 Å². The van der Waals surface area contributed by atoms with Gasteiger partial charge < -0.3 is 0 Å². The van der Waals surface area contributed by atoms with Crippen molar-refractivity contribution in [3.05, 3.63) is 23.3 Å². The van der Waals surface area contributed by atoms with Gasteiger partial charge in [0.1, 0.15) is 5.82 Å². The molecule has 0 aromatic carbocycles. The second-order valence-corrected chi connectivity index (χ2v) is 5.16. The summed E-state index contributed by atoms with van der Waals surface area (Å²) in [6.07, 6.45) is 0. The first-order chi connectivity index (χ1) is 6.30. The molecule has 0 aliphatic rings. The fraction of sp³-hybridized carbons (Fsp3) is 0.667. The van der Waals surface area contributed by atoms with Crippen LogP contribution in [-0.2, 0) is 5.41 Å². The molecular weight excluding hydrogens is 172 g/mol. The zero-order valence-electron chi connectivity index (χ0n) is 10.0. The molecule has 0 saturated heterocycles. The van der Waals surface area contributed by atoms with Crippen LogP contribution in [0.1, 0.15) is 57.7 Å². The predicted molar refractivity (Wildman–Crippen MR) is 59.6 cm³/mol. The molecule has 0 atom stereocenters. The predicted octanol–water partition coefficient (Wildman–Crippen LogP) is 3.21. The molecule has 0 aliphatic carbocycles. The van der Waals surface area contributed by atoms with E-state index in [-0.39, 0.29) is 5.41 Å². The van der Waals surface area contributed by atoms with E-state index in [0.717, 1.165) is 17.2 Å². The van der Waals surface area contributed by atoms with Crippen molar-refractivity contribution in [2.24, 2.45) is 0 Å². The maximum absolute atomic E-state index is 4.59. The molecule has 0 radical (unpaired) electrons. The first-order valence-corrected chi connectivity index (χ1v) is 5.17. The summed E-state index contributed by atoms with van der Waals surface area (Å²) < 4.78 is 0. The van der Waals surface area contributed by atoms with Gasteiger partial charge in [0.15, 0.2) is 0 Å². The molecule has 14 heavy (non-hydrogen) atoms. The topological polar surface area (TPSA) is 25.8 Å². The summed E-state index contributed by atoms with van der Waals surface area (Å²) >= 11 is 0. The summed E-state index contributed by atoms with van der Waals surface area (Å²) in [5.74, 6) is 1.42. The molecule has 1 aromatic rings. The van der Waals surface area contributed by atoms with E-state index in [1.807, 2.05) is 6.92 Å². The Morgan fingerprint density at radius 2 is 1.71 bits per heavy atom. The van der Waals surface area contributed by atoms with Gasteiger partial charge in [0.25, 0.3) is 0 Å². The molecule has 0 fully saturated rings. The molecule has 0 N–H and O–H groups in total. The minimum atomic E-state index is 0.0374. The number of aromatic nitrogens is 2. The van der Waals surface area contributed by atoms with E-state index in [1.54, 1.807) is 0 Å². The van der Waals surface area contributed by atoms with Crippen LogP contribution in [0.4, 0.5) is 0 Å². The number of aryl methyl sites for hydroxylation is 1. The van der Waals surface area contributed by atoms with Gasteiger partial charge in [-0.1, -0.05) is 34.6 Å². The fourth-order valence-electron chi connectivity index (χ4n) is 1.22. The van der Waals surface area contributed by atoms with Crippen LogP contribution in [0.5, 0.6) is 0 Å². The van der Waals surface area contributed by atoms with Gasteiger partial charge in [-0.3, -0.25) is 0 Å². The van der Waals surface area contributed by atoms with Gasteiger partial charge in [0, 0.05) is 16.8 Å². The van der Waals surface area contributed by atoms with Crippen LogP contribution in [-0.4, -0.2) is 9.97 Å². The van der Waals surface area contributed by atoms with Crippen molar-refractivity contribution in [2.75, 3.05) is 0 Å². The highest BCUT2D eigenvalue weighted by molar-refractivity contribution is 5.16. The Labute approximate surface area is 86.8 Å². The van der Waals surface area contributed by atoms with Crippen molar-refractivity contribution >= 4 is 0 Å². The zero-order valence-corrected chi connectivity index (χ0v) is 10.0. The van der Waals surface area contributed by atoms with E-state index in [1.165, 1.54) is 0 Å². The summed E-state index contributed by atoms with van der Waals surface area (Å²) in [5, 5.41) is 0. The lowest BCUT2D eigenvalue weighted by atomic mass is 9.95. The maximum Gasteiger partial charge on any atom is 0.134 e. The lowest BCUT2D eigenvalue weighted by Crippen LogP contribution is -2.18. The highest BCUT2D eigenvalue weighted by atomic mass is 14.9. The van der Waals surface area contributed by atoms with Gasteiger partial charge >= 0.3 is 0 Å². The quantitative estimate of drug-likeness (QED) is 0.683.